The Hall–Kier alpha value is -0.160. The molecule has 0 unspecified atom stereocenters. The molecule has 96 valence electrons. The molecule has 3 N–H and O–H groups in total. The van der Waals surface area contributed by atoms with E-state index in [-0.39, 0.29) is 13.2 Å². The van der Waals surface area contributed by atoms with Gasteiger partial charge in [-0.25, -0.2) is 0 Å². The van der Waals surface area contributed by atoms with Crippen molar-refractivity contribution in [3.8, 4) is 0 Å². The zero-order valence-corrected chi connectivity index (χ0v) is 10.6. The molecule has 4 heteroatoms. The zero-order valence-electron chi connectivity index (χ0n) is 10.6. The molecule has 0 aromatic heterocycles. The smallest absolute Gasteiger partial charge is 0.0633 e. The number of aliphatic hydroxyl groups is 2. The molecule has 1 aliphatic rings. The fourth-order valence-electron chi connectivity index (χ4n) is 2.25. The predicted molar refractivity (Wildman–Crippen MR) is 65.5 cm³/mol. The van der Waals surface area contributed by atoms with Gasteiger partial charge in [0.1, 0.15) is 0 Å². The molecule has 1 rings (SSSR count). The largest absolute Gasteiger partial charge is 0.394 e. The van der Waals surface area contributed by atoms with Crippen LogP contribution in [-0.4, -0.2) is 59.5 Å². The van der Waals surface area contributed by atoms with Crippen LogP contribution in [0.3, 0.4) is 0 Å². The van der Waals surface area contributed by atoms with Gasteiger partial charge < -0.3 is 20.4 Å². The summed E-state index contributed by atoms with van der Waals surface area (Å²) < 4.78 is 0. The minimum Gasteiger partial charge on any atom is -0.394 e. The van der Waals surface area contributed by atoms with Crippen LogP contribution in [0.5, 0.6) is 0 Å². The Balaban J connectivity index is 2.31. The molecule has 0 amide bonds. The van der Waals surface area contributed by atoms with E-state index in [1.54, 1.807) is 0 Å². The van der Waals surface area contributed by atoms with Crippen LogP contribution in [-0.2, 0) is 0 Å². The number of piperidine rings is 1. The number of rotatable bonds is 6. The first-order chi connectivity index (χ1) is 7.63. The summed E-state index contributed by atoms with van der Waals surface area (Å²) in [5.74, 6) is 0. The second-order valence-corrected chi connectivity index (χ2v) is 5.14. The number of likely N-dealkylation sites (tertiary alicyclic amines) is 1. The molecule has 0 aliphatic carbocycles. The van der Waals surface area contributed by atoms with Crippen LogP contribution in [0, 0.1) is 0 Å². The molecule has 1 heterocycles. The van der Waals surface area contributed by atoms with E-state index in [9.17, 15) is 10.2 Å². The molecule has 0 spiro atoms. The van der Waals surface area contributed by atoms with E-state index in [0.29, 0.717) is 6.04 Å². The lowest BCUT2D eigenvalue weighted by Gasteiger charge is -2.37. The predicted octanol–water partition coefficient (Wildman–Crippen LogP) is 0.194. The summed E-state index contributed by atoms with van der Waals surface area (Å²) in [6.45, 7) is 7.47. The molecule has 1 aliphatic heterocycles. The Morgan fingerprint density at radius 1 is 1.25 bits per heavy atom. The van der Waals surface area contributed by atoms with Crippen LogP contribution in [0.4, 0.5) is 0 Å². The molecule has 0 bridgehead atoms. The van der Waals surface area contributed by atoms with Gasteiger partial charge in [0.05, 0.1) is 18.8 Å². The molecule has 0 saturated carbocycles. The van der Waals surface area contributed by atoms with Gasteiger partial charge in [-0.1, -0.05) is 6.92 Å². The first-order valence-electron chi connectivity index (χ1n) is 6.35. The molecule has 0 aromatic rings. The van der Waals surface area contributed by atoms with E-state index in [4.69, 9.17) is 0 Å². The van der Waals surface area contributed by atoms with Gasteiger partial charge in [-0.15, -0.1) is 0 Å². The van der Waals surface area contributed by atoms with Crippen molar-refractivity contribution in [1.29, 1.82) is 0 Å². The van der Waals surface area contributed by atoms with Gasteiger partial charge in [-0.05, 0) is 45.8 Å². The normalized spacial score (nSPS) is 20.2. The van der Waals surface area contributed by atoms with Gasteiger partial charge in [0.2, 0.25) is 0 Å². The van der Waals surface area contributed by atoms with Crippen molar-refractivity contribution < 1.29 is 10.2 Å². The Morgan fingerprint density at radius 3 is 2.25 bits per heavy atom. The first-order valence-corrected chi connectivity index (χ1v) is 6.35. The van der Waals surface area contributed by atoms with Gasteiger partial charge in [-0.3, -0.25) is 0 Å². The van der Waals surface area contributed by atoms with Gasteiger partial charge in [0, 0.05) is 6.04 Å². The van der Waals surface area contributed by atoms with Crippen molar-refractivity contribution in [2.45, 2.75) is 44.7 Å². The highest BCUT2D eigenvalue weighted by molar-refractivity contribution is 4.88. The second kappa shape index (κ2) is 6.55. The average Bonchev–Trinajstić information content (AvgIpc) is 2.32. The van der Waals surface area contributed by atoms with Crippen LogP contribution in [0.25, 0.3) is 0 Å². The molecule has 0 aromatic carbocycles. The monoisotopic (exact) mass is 230 g/mol. The summed E-state index contributed by atoms with van der Waals surface area (Å²) in [5.41, 5.74) is -0.530. The Morgan fingerprint density at radius 2 is 1.81 bits per heavy atom. The highest BCUT2D eigenvalue weighted by Crippen LogP contribution is 2.14. The van der Waals surface area contributed by atoms with Crippen molar-refractivity contribution in [3.05, 3.63) is 0 Å². The summed E-state index contributed by atoms with van der Waals surface area (Å²) >= 11 is 0. The van der Waals surface area contributed by atoms with Crippen molar-refractivity contribution in [3.63, 3.8) is 0 Å². The number of aliphatic hydroxyl groups excluding tert-OH is 2. The molecule has 16 heavy (non-hydrogen) atoms. The molecule has 4 nitrogen and oxygen atoms in total. The van der Waals surface area contributed by atoms with E-state index >= 15 is 0 Å². The first kappa shape index (κ1) is 13.9. The second-order valence-electron chi connectivity index (χ2n) is 5.14. The van der Waals surface area contributed by atoms with Crippen LogP contribution >= 0.6 is 0 Å². The molecule has 1 fully saturated rings. The maximum Gasteiger partial charge on any atom is 0.0633 e. The standard InChI is InChI=1S/C12H26N2O2/c1-3-6-14-7-4-11(5-8-14)13-12(2,9-15)10-16/h11,13,15-16H,3-10H2,1-2H3. The maximum atomic E-state index is 9.22. The van der Waals surface area contributed by atoms with Crippen molar-refractivity contribution in [1.82, 2.24) is 10.2 Å². The third-order valence-electron chi connectivity index (χ3n) is 3.38. The Kier molecular flexibility index (Phi) is 5.69. The fourth-order valence-corrected chi connectivity index (χ4v) is 2.25. The molecule has 1 saturated heterocycles. The van der Waals surface area contributed by atoms with E-state index in [1.807, 2.05) is 6.92 Å². The van der Waals surface area contributed by atoms with Crippen molar-refractivity contribution in [2.75, 3.05) is 32.8 Å². The third kappa shape index (κ3) is 4.01. The van der Waals surface area contributed by atoms with Crippen molar-refractivity contribution >= 4 is 0 Å². The fraction of sp³-hybridized carbons (Fsp3) is 1.00. The minimum absolute atomic E-state index is 0.0152. The van der Waals surface area contributed by atoms with Gasteiger partial charge in [-0.2, -0.15) is 0 Å². The van der Waals surface area contributed by atoms with Crippen LogP contribution in [0.2, 0.25) is 0 Å². The van der Waals surface area contributed by atoms with E-state index < -0.39 is 5.54 Å². The lowest BCUT2D eigenvalue weighted by atomic mass is 9.98. The maximum absolute atomic E-state index is 9.22. The number of nitrogens with zero attached hydrogens (tertiary/aromatic N) is 1. The lowest BCUT2D eigenvalue weighted by molar-refractivity contribution is 0.0800. The van der Waals surface area contributed by atoms with Gasteiger partial charge in [0.15, 0.2) is 0 Å². The number of hydrogen-bond donors (Lipinski definition) is 3. The quantitative estimate of drug-likeness (QED) is 0.610. The van der Waals surface area contributed by atoms with Crippen LogP contribution < -0.4 is 5.32 Å². The summed E-state index contributed by atoms with van der Waals surface area (Å²) in [7, 11) is 0. The van der Waals surface area contributed by atoms with Gasteiger partial charge in [0.25, 0.3) is 0 Å². The summed E-state index contributed by atoms with van der Waals surface area (Å²) in [5, 5.41) is 21.8. The summed E-state index contributed by atoms with van der Waals surface area (Å²) in [4.78, 5) is 2.48. The van der Waals surface area contributed by atoms with Crippen molar-refractivity contribution in [2.24, 2.45) is 0 Å². The topological polar surface area (TPSA) is 55.7 Å². The van der Waals surface area contributed by atoms with Gasteiger partial charge >= 0.3 is 0 Å². The number of nitrogens with one attached hydrogen (secondary N) is 1. The summed E-state index contributed by atoms with van der Waals surface area (Å²) in [6, 6.07) is 0.428. The van der Waals surface area contributed by atoms with E-state index in [2.05, 4.69) is 17.1 Å². The van der Waals surface area contributed by atoms with E-state index in [1.165, 1.54) is 13.0 Å². The minimum atomic E-state index is -0.530. The third-order valence-corrected chi connectivity index (χ3v) is 3.38. The van der Waals surface area contributed by atoms with Crippen LogP contribution in [0.1, 0.15) is 33.1 Å². The van der Waals surface area contributed by atoms with Crippen LogP contribution in [0.15, 0.2) is 0 Å². The SMILES string of the molecule is CCCN1CCC(NC(C)(CO)CO)CC1. The highest BCUT2D eigenvalue weighted by Gasteiger charge is 2.27. The highest BCUT2D eigenvalue weighted by atomic mass is 16.3. The molecule has 0 atom stereocenters. The number of hydrogen-bond acceptors (Lipinski definition) is 4. The Bertz CT molecular complexity index is 187. The average molecular weight is 230 g/mol. The zero-order chi connectivity index (χ0) is 12.0. The molecule has 0 radical (unpaired) electrons. The molecular weight excluding hydrogens is 204 g/mol. The lowest BCUT2D eigenvalue weighted by Crippen LogP contribution is -2.56. The Labute approximate surface area is 98.6 Å². The summed E-state index contributed by atoms with van der Waals surface area (Å²) in [6.07, 6.45) is 3.42. The van der Waals surface area contributed by atoms with E-state index in [0.717, 1.165) is 25.9 Å². The molecular formula is C12H26N2O2.